The summed E-state index contributed by atoms with van der Waals surface area (Å²) in [6.45, 7) is 4.07. The monoisotopic (exact) mass is 432 g/mol. The number of sulfonamides is 1. The van der Waals surface area contributed by atoms with Crippen LogP contribution in [0.5, 0.6) is 5.75 Å². The quantitative estimate of drug-likeness (QED) is 0.715. The predicted molar refractivity (Wildman–Crippen MR) is 101 cm³/mol. The lowest BCUT2D eigenvalue weighted by atomic mass is 10.1. The molecule has 6 nitrogen and oxygen atoms in total. The van der Waals surface area contributed by atoms with Gasteiger partial charge >= 0.3 is 0 Å². The normalized spacial score (nSPS) is 23.7. The summed E-state index contributed by atoms with van der Waals surface area (Å²) in [5, 5.41) is 0. The SMILES string of the molecule is CCCCC1CN(C2COC2)c2cc(Br)c(OC)cc2S(=O)(=O)N1C. The van der Waals surface area contributed by atoms with E-state index in [1.54, 1.807) is 20.2 Å². The molecule has 2 heterocycles. The van der Waals surface area contributed by atoms with Gasteiger partial charge in [-0.05, 0) is 28.4 Å². The van der Waals surface area contributed by atoms with Gasteiger partial charge in [0, 0.05) is 25.7 Å². The van der Waals surface area contributed by atoms with Gasteiger partial charge in [-0.3, -0.25) is 0 Å². The summed E-state index contributed by atoms with van der Waals surface area (Å²) >= 11 is 3.50. The van der Waals surface area contributed by atoms with Crippen LogP contribution in [-0.4, -0.2) is 58.7 Å². The molecular formula is C17H25BrN2O4S. The molecule has 0 aromatic heterocycles. The molecule has 0 radical (unpaired) electrons. The fourth-order valence-corrected chi connectivity index (χ4v) is 5.43. The number of fused-ring (bicyclic) bond motifs is 1. The van der Waals surface area contributed by atoms with Gasteiger partial charge in [-0.25, -0.2) is 8.42 Å². The molecule has 3 rings (SSSR count). The van der Waals surface area contributed by atoms with Crippen LogP contribution in [0.4, 0.5) is 5.69 Å². The van der Waals surface area contributed by atoms with Gasteiger partial charge in [0.1, 0.15) is 10.6 Å². The first-order valence-corrected chi connectivity index (χ1v) is 10.8. The predicted octanol–water partition coefficient (Wildman–Crippen LogP) is 2.86. The van der Waals surface area contributed by atoms with E-state index < -0.39 is 10.0 Å². The van der Waals surface area contributed by atoms with Crippen LogP contribution in [0.25, 0.3) is 0 Å². The zero-order valence-electron chi connectivity index (χ0n) is 14.9. The van der Waals surface area contributed by atoms with Crippen LogP contribution in [0.3, 0.4) is 0 Å². The fourth-order valence-electron chi connectivity index (χ4n) is 3.37. The Morgan fingerprint density at radius 2 is 2.08 bits per heavy atom. The Kier molecular flexibility index (Phi) is 5.63. The van der Waals surface area contributed by atoms with Crippen molar-refractivity contribution in [3.63, 3.8) is 0 Å². The molecular weight excluding hydrogens is 408 g/mol. The molecule has 0 spiro atoms. The first-order valence-electron chi connectivity index (χ1n) is 8.60. The summed E-state index contributed by atoms with van der Waals surface area (Å²) in [6.07, 6.45) is 2.90. The maximum atomic E-state index is 13.2. The van der Waals surface area contributed by atoms with Crippen molar-refractivity contribution in [1.82, 2.24) is 4.31 Å². The fraction of sp³-hybridized carbons (Fsp3) is 0.647. The molecule has 0 saturated carbocycles. The molecule has 2 aliphatic rings. The molecule has 25 heavy (non-hydrogen) atoms. The Bertz CT molecular complexity index is 736. The Labute approximate surface area is 158 Å². The Morgan fingerprint density at radius 1 is 1.36 bits per heavy atom. The van der Waals surface area contributed by atoms with Gasteiger partial charge in [-0.15, -0.1) is 0 Å². The van der Waals surface area contributed by atoms with Gasteiger partial charge in [-0.1, -0.05) is 19.8 Å². The number of halogens is 1. The molecule has 1 atom stereocenters. The van der Waals surface area contributed by atoms with E-state index in [4.69, 9.17) is 9.47 Å². The van der Waals surface area contributed by atoms with E-state index in [1.807, 2.05) is 6.07 Å². The minimum Gasteiger partial charge on any atom is -0.496 e. The van der Waals surface area contributed by atoms with Crippen LogP contribution in [0.2, 0.25) is 0 Å². The van der Waals surface area contributed by atoms with Gasteiger partial charge in [0.2, 0.25) is 10.0 Å². The third-order valence-electron chi connectivity index (χ3n) is 5.07. The number of anilines is 1. The second-order valence-electron chi connectivity index (χ2n) is 6.62. The van der Waals surface area contributed by atoms with Crippen molar-refractivity contribution >= 4 is 31.6 Å². The minimum absolute atomic E-state index is 0.0530. The summed E-state index contributed by atoms with van der Waals surface area (Å²) < 4.78 is 39.5. The molecule has 2 aliphatic heterocycles. The van der Waals surface area contributed by atoms with Gasteiger partial charge in [0.15, 0.2) is 0 Å². The Balaban J connectivity index is 2.12. The highest BCUT2D eigenvalue weighted by molar-refractivity contribution is 9.10. The molecule has 1 fully saturated rings. The lowest BCUT2D eigenvalue weighted by Crippen LogP contribution is -2.53. The zero-order chi connectivity index (χ0) is 18.2. The van der Waals surface area contributed by atoms with E-state index in [1.165, 1.54) is 4.31 Å². The van der Waals surface area contributed by atoms with Crippen molar-refractivity contribution in [1.29, 1.82) is 0 Å². The van der Waals surface area contributed by atoms with Gasteiger partial charge in [-0.2, -0.15) is 4.31 Å². The molecule has 140 valence electrons. The number of likely N-dealkylation sites (N-methyl/N-ethyl adjacent to an activating group) is 1. The third-order valence-corrected chi connectivity index (χ3v) is 7.63. The molecule has 1 aromatic rings. The first-order chi connectivity index (χ1) is 11.9. The smallest absolute Gasteiger partial charge is 0.245 e. The summed E-state index contributed by atoms with van der Waals surface area (Å²) in [5.74, 6) is 0.521. The average molecular weight is 433 g/mol. The van der Waals surface area contributed by atoms with E-state index in [-0.39, 0.29) is 12.1 Å². The number of nitrogens with zero attached hydrogens (tertiary/aromatic N) is 2. The van der Waals surface area contributed by atoms with Crippen molar-refractivity contribution in [2.24, 2.45) is 0 Å². The number of benzene rings is 1. The second kappa shape index (κ2) is 7.42. The van der Waals surface area contributed by atoms with Crippen molar-refractivity contribution < 1.29 is 17.9 Å². The van der Waals surface area contributed by atoms with Crippen LogP contribution >= 0.6 is 15.9 Å². The summed E-state index contributed by atoms with van der Waals surface area (Å²) in [6, 6.07) is 3.65. The minimum atomic E-state index is -3.59. The van der Waals surface area contributed by atoms with Crippen molar-refractivity contribution in [3.8, 4) is 5.75 Å². The maximum absolute atomic E-state index is 13.2. The second-order valence-corrected chi connectivity index (χ2v) is 9.44. The summed E-state index contributed by atoms with van der Waals surface area (Å²) in [7, 11) is -0.355. The molecule has 0 aliphatic carbocycles. The topological polar surface area (TPSA) is 59.1 Å². The molecule has 0 amide bonds. The average Bonchev–Trinajstić information content (AvgIpc) is 2.60. The van der Waals surface area contributed by atoms with E-state index >= 15 is 0 Å². The first kappa shape index (κ1) is 18.9. The highest BCUT2D eigenvalue weighted by Gasteiger charge is 2.40. The van der Waals surface area contributed by atoms with Crippen LogP contribution < -0.4 is 9.64 Å². The standard InChI is InChI=1S/C17H25BrN2O4S/c1-4-5-6-12-9-20(13-10-24-11-13)15-7-14(18)16(23-3)8-17(15)25(21,22)19(12)2/h7-8,12-13H,4-6,9-11H2,1-3H3. The number of ether oxygens (including phenoxy) is 2. The van der Waals surface area contributed by atoms with Crippen LogP contribution in [0.1, 0.15) is 26.2 Å². The van der Waals surface area contributed by atoms with Crippen LogP contribution in [-0.2, 0) is 14.8 Å². The number of hydrogen-bond acceptors (Lipinski definition) is 5. The summed E-state index contributed by atoms with van der Waals surface area (Å²) in [4.78, 5) is 2.51. The Hall–Kier alpha value is -0.830. The molecule has 1 unspecified atom stereocenters. The van der Waals surface area contributed by atoms with Gasteiger partial charge in [0.05, 0.1) is 36.5 Å². The largest absolute Gasteiger partial charge is 0.496 e. The molecule has 1 aromatic carbocycles. The van der Waals surface area contributed by atoms with Crippen LogP contribution in [0.15, 0.2) is 21.5 Å². The van der Waals surface area contributed by atoms with Crippen molar-refractivity contribution in [2.75, 3.05) is 38.8 Å². The van der Waals surface area contributed by atoms with E-state index in [2.05, 4.69) is 27.8 Å². The number of unbranched alkanes of at least 4 members (excludes halogenated alkanes) is 1. The highest BCUT2D eigenvalue weighted by Crippen LogP contribution is 2.41. The number of hydrogen-bond donors (Lipinski definition) is 0. The van der Waals surface area contributed by atoms with E-state index in [0.29, 0.717) is 30.4 Å². The number of rotatable bonds is 5. The Morgan fingerprint density at radius 3 is 2.64 bits per heavy atom. The highest BCUT2D eigenvalue weighted by atomic mass is 79.9. The zero-order valence-corrected chi connectivity index (χ0v) is 17.3. The molecule has 1 saturated heterocycles. The molecule has 8 heteroatoms. The van der Waals surface area contributed by atoms with Crippen LogP contribution in [0, 0.1) is 0 Å². The third kappa shape index (κ3) is 3.41. The molecule has 0 bridgehead atoms. The lowest BCUT2D eigenvalue weighted by molar-refractivity contribution is 0.00686. The van der Waals surface area contributed by atoms with Gasteiger partial charge < -0.3 is 14.4 Å². The lowest BCUT2D eigenvalue weighted by Gasteiger charge is -2.40. The number of methoxy groups -OCH3 is 1. The summed E-state index contributed by atoms with van der Waals surface area (Å²) in [5.41, 5.74) is 0.729. The van der Waals surface area contributed by atoms with E-state index in [9.17, 15) is 8.42 Å². The van der Waals surface area contributed by atoms with E-state index in [0.717, 1.165) is 29.4 Å². The molecule has 0 N–H and O–H groups in total. The van der Waals surface area contributed by atoms with Gasteiger partial charge in [0.25, 0.3) is 0 Å². The maximum Gasteiger partial charge on any atom is 0.245 e. The van der Waals surface area contributed by atoms with Crippen molar-refractivity contribution in [2.45, 2.75) is 43.2 Å². The van der Waals surface area contributed by atoms with Crippen molar-refractivity contribution in [3.05, 3.63) is 16.6 Å².